The number of likely N-dealkylation sites (N-methyl/N-ethyl adjacent to an activating group) is 1. The topological polar surface area (TPSA) is 122 Å². The Morgan fingerprint density at radius 3 is 2.61 bits per heavy atom. The average Bonchev–Trinajstić information content (AvgIpc) is 2.92. The first-order chi connectivity index (χ1) is 13.0. The number of nitriles is 1. The highest BCUT2D eigenvalue weighted by Gasteiger charge is 2.23. The summed E-state index contributed by atoms with van der Waals surface area (Å²) in [6.07, 6.45) is 0. The Labute approximate surface area is 163 Å². The van der Waals surface area contributed by atoms with Crippen molar-refractivity contribution in [2.24, 2.45) is 5.73 Å². The zero-order valence-corrected chi connectivity index (χ0v) is 16.6. The van der Waals surface area contributed by atoms with Gasteiger partial charge in [0.05, 0.1) is 0 Å². The van der Waals surface area contributed by atoms with Crippen molar-refractivity contribution in [3.05, 3.63) is 41.4 Å². The van der Waals surface area contributed by atoms with Gasteiger partial charge in [0.2, 0.25) is 0 Å². The Bertz CT molecular complexity index is 976. The molecule has 1 aromatic heterocycles. The predicted molar refractivity (Wildman–Crippen MR) is 105 cm³/mol. The van der Waals surface area contributed by atoms with Crippen LogP contribution >= 0.6 is 0 Å². The van der Waals surface area contributed by atoms with Crippen LogP contribution in [-0.4, -0.2) is 36.0 Å². The molecule has 28 heavy (non-hydrogen) atoms. The van der Waals surface area contributed by atoms with Gasteiger partial charge in [-0.25, -0.2) is 0 Å². The summed E-state index contributed by atoms with van der Waals surface area (Å²) in [6.45, 7) is 6.73. The molecule has 148 valence electrons. The maximum absolute atomic E-state index is 12.5. The molecule has 1 heterocycles. The van der Waals surface area contributed by atoms with Crippen LogP contribution in [0.3, 0.4) is 0 Å². The van der Waals surface area contributed by atoms with Gasteiger partial charge in [0.15, 0.2) is 5.57 Å². The van der Waals surface area contributed by atoms with E-state index >= 15 is 0 Å². The fourth-order valence-corrected chi connectivity index (χ4v) is 2.53. The number of furan rings is 1. The minimum Gasteiger partial charge on any atom is -0.461 e. The Morgan fingerprint density at radius 2 is 2.00 bits per heavy atom. The zero-order chi connectivity index (χ0) is 21.1. The number of rotatable bonds is 5. The summed E-state index contributed by atoms with van der Waals surface area (Å²) in [5.41, 5.74) is 6.30. The van der Waals surface area contributed by atoms with Gasteiger partial charge < -0.3 is 25.1 Å². The van der Waals surface area contributed by atoms with Gasteiger partial charge in [-0.15, -0.1) is 0 Å². The first-order valence-corrected chi connectivity index (χ1v) is 8.64. The van der Waals surface area contributed by atoms with E-state index in [1.54, 1.807) is 45.0 Å². The number of fused-ring (bicyclic) bond motifs is 1. The summed E-state index contributed by atoms with van der Waals surface area (Å²) < 4.78 is 10.7. The minimum atomic E-state index is -0.682. The van der Waals surface area contributed by atoms with Crippen LogP contribution in [0, 0.1) is 18.3 Å². The van der Waals surface area contributed by atoms with Crippen LogP contribution in [0.5, 0.6) is 0 Å². The van der Waals surface area contributed by atoms with E-state index in [4.69, 9.17) is 14.9 Å². The molecule has 1 aromatic carbocycles. The third kappa shape index (κ3) is 5.27. The molecule has 3 N–H and O–H groups in total. The van der Waals surface area contributed by atoms with Crippen LogP contribution in [0.25, 0.3) is 11.0 Å². The van der Waals surface area contributed by atoms with Crippen LogP contribution in [0.15, 0.2) is 40.1 Å². The molecule has 1 amide bonds. The Kier molecular flexibility index (Phi) is 5.99. The van der Waals surface area contributed by atoms with E-state index in [9.17, 15) is 14.9 Å². The van der Waals surface area contributed by atoms with Crippen molar-refractivity contribution in [1.82, 2.24) is 4.90 Å². The van der Waals surface area contributed by atoms with Gasteiger partial charge >= 0.3 is 5.97 Å². The fourth-order valence-electron chi connectivity index (χ4n) is 2.53. The highest BCUT2D eigenvalue weighted by atomic mass is 16.6. The number of anilines is 1. The normalized spacial score (nSPS) is 12.1. The summed E-state index contributed by atoms with van der Waals surface area (Å²) >= 11 is 0. The lowest BCUT2D eigenvalue weighted by molar-refractivity contribution is -0.157. The number of nitrogens with two attached hydrogens (primary N) is 1. The van der Waals surface area contributed by atoms with Crippen LogP contribution in [-0.2, 0) is 14.3 Å². The molecule has 0 spiro atoms. The summed E-state index contributed by atoms with van der Waals surface area (Å²) in [4.78, 5) is 25.5. The van der Waals surface area contributed by atoms with Gasteiger partial charge in [0.1, 0.15) is 35.4 Å². The number of nitrogens with one attached hydrogen (secondary N) is 1. The van der Waals surface area contributed by atoms with E-state index < -0.39 is 17.5 Å². The number of amides is 1. The van der Waals surface area contributed by atoms with E-state index in [-0.39, 0.29) is 17.9 Å². The molecule has 0 aliphatic heterocycles. The molecule has 0 fully saturated rings. The van der Waals surface area contributed by atoms with Crippen molar-refractivity contribution >= 4 is 28.5 Å². The Morgan fingerprint density at radius 1 is 1.32 bits per heavy atom. The predicted octanol–water partition coefficient (Wildman–Crippen LogP) is 2.65. The maximum atomic E-state index is 12.5. The van der Waals surface area contributed by atoms with Crippen LogP contribution in [0.2, 0.25) is 0 Å². The number of carbonyl (C=O) groups excluding carboxylic acids is 2. The van der Waals surface area contributed by atoms with Crippen molar-refractivity contribution in [2.45, 2.75) is 33.3 Å². The summed E-state index contributed by atoms with van der Waals surface area (Å²) in [5.74, 6) is -0.595. The van der Waals surface area contributed by atoms with Gasteiger partial charge in [-0.3, -0.25) is 9.59 Å². The van der Waals surface area contributed by atoms with Crippen molar-refractivity contribution in [1.29, 1.82) is 5.26 Å². The fraction of sp³-hybridized carbons (Fsp3) is 0.350. The first-order valence-electron chi connectivity index (χ1n) is 8.64. The van der Waals surface area contributed by atoms with E-state index in [1.165, 1.54) is 7.05 Å². The molecule has 0 aliphatic carbocycles. The smallest absolute Gasteiger partial charge is 0.326 e. The van der Waals surface area contributed by atoms with E-state index in [0.717, 1.165) is 21.6 Å². The van der Waals surface area contributed by atoms with E-state index in [2.05, 4.69) is 5.32 Å². The summed E-state index contributed by atoms with van der Waals surface area (Å²) in [6, 6.07) is 8.95. The maximum Gasteiger partial charge on any atom is 0.326 e. The number of nitrogens with zero attached hydrogens (tertiary/aromatic N) is 2. The van der Waals surface area contributed by atoms with Crippen molar-refractivity contribution < 1.29 is 18.7 Å². The highest BCUT2D eigenvalue weighted by Crippen LogP contribution is 2.23. The molecule has 0 saturated carbocycles. The number of hydrogen-bond acceptors (Lipinski definition) is 7. The Hall–Kier alpha value is -3.47. The zero-order valence-electron chi connectivity index (χ0n) is 16.6. The molecular formula is C20H24N4O4. The second-order valence-electron chi connectivity index (χ2n) is 7.38. The largest absolute Gasteiger partial charge is 0.461 e. The van der Waals surface area contributed by atoms with Crippen molar-refractivity contribution in [3.8, 4) is 6.07 Å². The molecule has 0 atom stereocenters. The number of esters is 1. The molecule has 8 nitrogen and oxygen atoms in total. The quantitative estimate of drug-likeness (QED) is 0.462. The number of aryl methyl sites for hydroxylation is 1. The molecule has 0 saturated heterocycles. The van der Waals surface area contributed by atoms with Crippen LogP contribution in [0.4, 0.5) is 5.69 Å². The summed E-state index contributed by atoms with van der Waals surface area (Å²) in [7, 11) is 1.40. The lowest BCUT2D eigenvalue weighted by atomic mass is 10.2. The lowest BCUT2D eigenvalue weighted by Gasteiger charge is -2.22. The van der Waals surface area contributed by atoms with Gasteiger partial charge in [-0.2, -0.15) is 5.26 Å². The second kappa shape index (κ2) is 8.05. The SMILES string of the molecule is Cc1cc2cc(N/C(N)=C(\C#N)C(=O)N(C)CC(=O)OC(C)(C)C)ccc2o1. The standard InChI is InChI=1S/C20H24N4O4/c1-12-8-13-9-14(6-7-16(13)27-12)23-18(22)15(10-21)19(26)24(5)11-17(25)28-20(2,3)4/h6-9,23H,11,22H2,1-5H3/b18-15+. The number of ether oxygens (including phenoxy) is 1. The van der Waals surface area contributed by atoms with Crippen molar-refractivity contribution in [2.75, 3.05) is 18.9 Å². The number of hydrogen-bond donors (Lipinski definition) is 2. The molecule has 2 rings (SSSR count). The summed E-state index contributed by atoms with van der Waals surface area (Å²) in [5, 5.41) is 13.1. The van der Waals surface area contributed by atoms with Crippen molar-refractivity contribution in [3.63, 3.8) is 0 Å². The number of benzene rings is 1. The monoisotopic (exact) mass is 384 g/mol. The van der Waals surface area contributed by atoms with Gasteiger partial charge in [0, 0.05) is 18.1 Å². The molecule has 8 heteroatoms. The first kappa shape index (κ1) is 20.8. The third-order valence-corrected chi connectivity index (χ3v) is 3.65. The molecule has 0 unspecified atom stereocenters. The Balaban J connectivity index is 2.15. The third-order valence-electron chi connectivity index (χ3n) is 3.65. The molecular weight excluding hydrogens is 360 g/mol. The highest BCUT2D eigenvalue weighted by molar-refractivity contribution is 5.99. The van der Waals surface area contributed by atoms with E-state index in [1.807, 2.05) is 13.0 Å². The molecule has 0 aliphatic rings. The second-order valence-corrected chi connectivity index (χ2v) is 7.38. The van der Waals surface area contributed by atoms with Gasteiger partial charge in [-0.1, -0.05) is 0 Å². The van der Waals surface area contributed by atoms with Crippen LogP contribution < -0.4 is 11.1 Å². The molecule has 0 radical (unpaired) electrons. The van der Waals surface area contributed by atoms with E-state index in [0.29, 0.717) is 5.69 Å². The average molecular weight is 384 g/mol. The molecule has 2 aromatic rings. The lowest BCUT2D eigenvalue weighted by Crippen LogP contribution is -2.37. The number of carbonyl (C=O) groups is 2. The van der Waals surface area contributed by atoms with Gasteiger partial charge in [-0.05, 0) is 52.0 Å². The van der Waals surface area contributed by atoms with Crippen LogP contribution in [0.1, 0.15) is 26.5 Å². The minimum absolute atomic E-state index is 0.108. The van der Waals surface area contributed by atoms with Gasteiger partial charge in [0.25, 0.3) is 5.91 Å². The molecule has 0 bridgehead atoms.